The van der Waals surface area contributed by atoms with E-state index in [4.69, 9.17) is 0 Å². The van der Waals surface area contributed by atoms with E-state index >= 15 is 0 Å². The number of carbonyl (C=O) groups is 1. The normalized spacial score (nSPS) is 16.2. The Kier molecular flexibility index (Phi) is 5.57. The number of hydrazine groups is 1. The van der Waals surface area contributed by atoms with Gasteiger partial charge in [0.25, 0.3) is 5.91 Å². The molecule has 1 amide bonds. The van der Waals surface area contributed by atoms with Crippen LogP contribution in [0.15, 0.2) is 49.0 Å². The Morgan fingerprint density at radius 2 is 2.08 bits per heavy atom. The minimum Gasteiger partial charge on any atom is -0.283 e. The van der Waals surface area contributed by atoms with Crippen LogP contribution in [0.25, 0.3) is 6.20 Å². The summed E-state index contributed by atoms with van der Waals surface area (Å²) in [6.45, 7) is 2.54. The molecule has 0 unspecified atom stereocenters. The summed E-state index contributed by atoms with van der Waals surface area (Å²) in [5.74, 6) is -0.154. The molecule has 3 rings (SSSR count). The van der Waals surface area contributed by atoms with Gasteiger partial charge in [-0.25, -0.2) is 9.69 Å². The Labute approximate surface area is 141 Å². The van der Waals surface area contributed by atoms with Gasteiger partial charge in [0, 0.05) is 37.9 Å². The molecule has 0 saturated carbocycles. The predicted molar refractivity (Wildman–Crippen MR) is 91.8 cm³/mol. The van der Waals surface area contributed by atoms with Crippen molar-refractivity contribution in [1.29, 1.82) is 0 Å². The zero-order valence-corrected chi connectivity index (χ0v) is 13.6. The largest absolute Gasteiger partial charge is 0.286 e. The highest BCUT2D eigenvalue weighted by molar-refractivity contribution is 5.91. The number of carbonyl (C=O) groups excluding carboxylic acids is 1. The second-order valence-corrected chi connectivity index (χ2v) is 5.67. The van der Waals surface area contributed by atoms with Crippen LogP contribution in [-0.4, -0.2) is 43.6 Å². The highest BCUT2D eigenvalue weighted by atomic mass is 16.2. The number of aromatic nitrogens is 4. The Hall–Kier alpha value is -2.67. The molecule has 126 valence electrons. The van der Waals surface area contributed by atoms with Gasteiger partial charge in [0.05, 0.1) is 6.54 Å². The summed E-state index contributed by atoms with van der Waals surface area (Å²) >= 11 is 0. The molecule has 3 heterocycles. The number of allylic oxidation sites excluding steroid dienone is 3. The smallest absolute Gasteiger partial charge is 0.283 e. The molecule has 0 aliphatic carbocycles. The van der Waals surface area contributed by atoms with E-state index in [0.717, 1.165) is 32.5 Å². The topological polar surface area (TPSA) is 68.0 Å². The second kappa shape index (κ2) is 8.26. The summed E-state index contributed by atoms with van der Waals surface area (Å²) in [6.07, 6.45) is 16.5. The van der Waals surface area contributed by atoms with Gasteiger partial charge in [-0.1, -0.05) is 18.6 Å². The number of nitrogens with one attached hydrogen (secondary N) is 1. The van der Waals surface area contributed by atoms with Crippen LogP contribution in [0.5, 0.6) is 0 Å². The number of amides is 1. The van der Waals surface area contributed by atoms with E-state index in [2.05, 4.69) is 15.6 Å². The molecule has 1 saturated heterocycles. The molecule has 0 spiro atoms. The summed E-state index contributed by atoms with van der Waals surface area (Å²) < 4.78 is 3.46. The van der Waals surface area contributed by atoms with Crippen LogP contribution in [0.4, 0.5) is 0 Å². The number of hydrogen-bond acceptors (Lipinski definition) is 4. The zero-order chi connectivity index (χ0) is 16.6. The maximum atomic E-state index is 12.2. The fourth-order valence-electron chi connectivity index (χ4n) is 2.54. The van der Waals surface area contributed by atoms with E-state index in [1.807, 2.05) is 40.2 Å². The Balaban J connectivity index is 1.48. The van der Waals surface area contributed by atoms with Crippen LogP contribution in [-0.2, 0) is 6.54 Å². The van der Waals surface area contributed by atoms with Crippen LogP contribution in [0, 0.1) is 0 Å². The molecule has 0 aromatic carbocycles. The Bertz CT molecular complexity index is 694. The summed E-state index contributed by atoms with van der Waals surface area (Å²) in [5.41, 5.74) is 3.33. The number of nitrogens with zero attached hydrogens (tertiary/aromatic N) is 5. The van der Waals surface area contributed by atoms with E-state index in [-0.39, 0.29) is 5.91 Å². The molecule has 1 aliphatic rings. The van der Waals surface area contributed by atoms with E-state index in [0.29, 0.717) is 5.69 Å². The quantitative estimate of drug-likeness (QED) is 0.824. The SMILES string of the molecule is O=C(NN1CCCCC1)c1ccn(/C=C/C=C/Cn2cccn2)n1. The van der Waals surface area contributed by atoms with E-state index in [1.54, 1.807) is 29.3 Å². The summed E-state index contributed by atoms with van der Waals surface area (Å²) in [5, 5.41) is 10.4. The van der Waals surface area contributed by atoms with E-state index in [9.17, 15) is 4.79 Å². The first kappa shape index (κ1) is 16.2. The number of hydrogen-bond donors (Lipinski definition) is 1. The van der Waals surface area contributed by atoms with Crippen LogP contribution in [0.2, 0.25) is 0 Å². The predicted octanol–water partition coefficient (Wildman–Crippen LogP) is 1.94. The van der Waals surface area contributed by atoms with Gasteiger partial charge in [0.1, 0.15) is 0 Å². The number of rotatable bonds is 6. The standard InChI is InChI=1S/C17H22N6O/c24-17(20-22-11-4-2-5-12-22)16-8-15-23(19-16)13-6-1-3-10-21-14-7-9-18-21/h1,3,6-9,13-15H,2,4-5,10-12H2,(H,20,24)/b3-1+,13-6+. The van der Waals surface area contributed by atoms with Crippen LogP contribution in [0.3, 0.4) is 0 Å². The van der Waals surface area contributed by atoms with E-state index < -0.39 is 0 Å². The molecule has 7 nitrogen and oxygen atoms in total. The summed E-state index contributed by atoms with van der Waals surface area (Å²) in [4.78, 5) is 12.2. The molecular formula is C17H22N6O. The van der Waals surface area contributed by atoms with Gasteiger partial charge in [-0.15, -0.1) is 0 Å². The second-order valence-electron chi connectivity index (χ2n) is 5.67. The maximum absolute atomic E-state index is 12.2. The summed E-state index contributed by atoms with van der Waals surface area (Å²) in [7, 11) is 0. The van der Waals surface area contributed by atoms with Crippen LogP contribution >= 0.6 is 0 Å². The van der Waals surface area contributed by atoms with Crippen molar-refractivity contribution in [2.75, 3.05) is 13.1 Å². The third-order valence-corrected chi connectivity index (χ3v) is 3.79. The lowest BCUT2D eigenvalue weighted by Gasteiger charge is -2.26. The minimum atomic E-state index is -0.154. The van der Waals surface area contributed by atoms with Gasteiger partial charge in [-0.3, -0.25) is 14.9 Å². The molecule has 1 fully saturated rings. The highest BCUT2D eigenvalue weighted by Gasteiger charge is 2.15. The Morgan fingerprint density at radius 3 is 2.88 bits per heavy atom. The highest BCUT2D eigenvalue weighted by Crippen LogP contribution is 2.06. The third-order valence-electron chi connectivity index (χ3n) is 3.79. The van der Waals surface area contributed by atoms with Crippen molar-refractivity contribution in [3.05, 3.63) is 54.6 Å². The molecule has 0 radical (unpaired) electrons. The maximum Gasteiger partial charge on any atom is 0.286 e. The molecule has 7 heteroatoms. The summed E-state index contributed by atoms with van der Waals surface area (Å²) in [6, 6.07) is 3.61. The number of piperidine rings is 1. The zero-order valence-electron chi connectivity index (χ0n) is 13.6. The molecule has 2 aromatic rings. The third kappa shape index (κ3) is 4.66. The van der Waals surface area contributed by atoms with Gasteiger partial charge in [-0.05, 0) is 31.1 Å². The average molecular weight is 326 g/mol. The monoisotopic (exact) mass is 326 g/mol. The Morgan fingerprint density at radius 1 is 1.21 bits per heavy atom. The molecule has 2 aromatic heterocycles. The average Bonchev–Trinajstić information content (AvgIpc) is 3.27. The lowest BCUT2D eigenvalue weighted by Crippen LogP contribution is -2.45. The van der Waals surface area contributed by atoms with Gasteiger partial charge >= 0.3 is 0 Å². The fraction of sp³-hybridized carbons (Fsp3) is 0.353. The first-order chi connectivity index (χ1) is 11.8. The van der Waals surface area contributed by atoms with Crippen molar-refractivity contribution in [3.63, 3.8) is 0 Å². The van der Waals surface area contributed by atoms with Gasteiger partial charge < -0.3 is 0 Å². The van der Waals surface area contributed by atoms with Gasteiger partial charge in [-0.2, -0.15) is 10.2 Å². The lowest BCUT2D eigenvalue weighted by atomic mass is 10.2. The van der Waals surface area contributed by atoms with Crippen molar-refractivity contribution in [2.45, 2.75) is 25.8 Å². The molecule has 0 bridgehead atoms. The molecule has 24 heavy (non-hydrogen) atoms. The van der Waals surface area contributed by atoms with E-state index in [1.165, 1.54) is 6.42 Å². The van der Waals surface area contributed by atoms with Crippen molar-refractivity contribution in [3.8, 4) is 0 Å². The fourth-order valence-corrected chi connectivity index (χ4v) is 2.54. The molecule has 1 N–H and O–H groups in total. The first-order valence-corrected chi connectivity index (χ1v) is 8.23. The molecule has 1 aliphatic heterocycles. The van der Waals surface area contributed by atoms with Crippen molar-refractivity contribution in [1.82, 2.24) is 30.0 Å². The first-order valence-electron chi connectivity index (χ1n) is 8.23. The lowest BCUT2D eigenvalue weighted by molar-refractivity contribution is 0.0744. The molecule has 0 atom stereocenters. The van der Waals surface area contributed by atoms with Crippen molar-refractivity contribution >= 4 is 12.1 Å². The van der Waals surface area contributed by atoms with Gasteiger partial charge in [0.15, 0.2) is 5.69 Å². The van der Waals surface area contributed by atoms with Crippen molar-refractivity contribution in [2.24, 2.45) is 0 Å². The van der Waals surface area contributed by atoms with Gasteiger partial charge in [0.2, 0.25) is 0 Å². The minimum absolute atomic E-state index is 0.154. The van der Waals surface area contributed by atoms with Crippen LogP contribution in [0.1, 0.15) is 29.8 Å². The molecular weight excluding hydrogens is 304 g/mol. The van der Waals surface area contributed by atoms with Crippen molar-refractivity contribution < 1.29 is 4.79 Å². The van der Waals surface area contributed by atoms with Crippen LogP contribution < -0.4 is 5.43 Å².